The third-order valence-electron chi connectivity index (χ3n) is 1.50. The number of benzene rings is 1. The van der Waals surface area contributed by atoms with E-state index in [2.05, 4.69) is 0 Å². The summed E-state index contributed by atoms with van der Waals surface area (Å²) >= 11 is 0. The van der Waals surface area contributed by atoms with Crippen molar-refractivity contribution in [2.75, 3.05) is 0 Å². The summed E-state index contributed by atoms with van der Waals surface area (Å²) in [5.41, 5.74) is 0.995. The molecule has 0 radical (unpaired) electrons. The summed E-state index contributed by atoms with van der Waals surface area (Å²) in [6, 6.07) is 6.66. The summed E-state index contributed by atoms with van der Waals surface area (Å²) in [4.78, 5) is 19.9. The van der Waals surface area contributed by atoms with Crippen molar-refractivity contribution >= 4 is 12.4 Å². The van der Waals surface area contributed by atoms with Crippen molar-refractivity contribution in [3.63, 3.8) is 0 Å². The second-order valence-electron chi connectivity index (χ2n) is 2.35. The second kappa shape index (κ2) is 4.15. The van der Waals surface area contributed by atoms with E-state index in [0.29, 0.717) is 17.4 Å². The van der Waals surface area contributed by atoms with Crippen LogP contribution in [0.3, 0.4) is 0 Å². The minimum atomic E-state index is -0.568. The monoisotopic (exact) mass is 177 g/mol. The van der Waals surface area contributed by atoms with Crippen LogP contribution in [0.1, 0.15) is 15.9 Å². The predicted octanol–water partition coefficient (Wildman–Crippen LogP) is 1.75. The Balaban J connectivity index is 3.00. The van der Waals surface area contributed by atoms with Gasteiger partial charge in [0.05, 0.1) is 4.92 Å². The molecule has 66 valence electrons. The Labute approximate surface area is 74.7 Å². The van der Waals surface area contributed by atoms with Crippen LogP contribution in [0.4, 0.5) is 0 Å². The maximum atomic E-state index is 10.5. The van der Waals surface area contributed by atoms with Crippen LogP contribution >= 0.6 is 0 Å². The summed E-state index contributed by atoms with van der Waals surface area (Å²) in [6.07, 6.45) is 2.77. The topological polar surface area (TPSA) is 60.2 Å². The van der Waals surface area contributed by atoms with Gasteiger partial charge < -0.3 is 0 Å². The summed E-state index contributed by atoms with van der Waals surface area (Å²) in [6.45, 7) is 0. The van der Waals surface area contributed by atoms with Gasteiger partial charge in [0, 0.05) is 11.6 Å². The van der Waals surface area contributed by atoms with E-state index in [1.54, 1.807) is 24.3 Å². The highest BCUT2D eigenvalue weighted by molar-refractivity contribution is 5.81. The van der Waals surface area contributed by atoms with Gasteiger partial charge in [0.25, 0.3) is 0 Å². The van der Waals surface area contributed by atoms with Gasteiger partial charge >= 0.3 is 0 Å². The van der Waals surface area contributed by atoms with Crippen LogP contribution < -0.4 is 0 Å². The van der Waals surface area contributed by atoms with Crippen LogP contribution in [0.25, 0.3) is 6.08 Å². The molecule has 0 heterocycles. The van der Waals surface area contributed by atoms with E-state index >= 15 is 0 Å². The highest BCUT2D eigenvalue weighted by Gasteiger charge is 1.96. The van der Waals surface area contributed by atoms with Gasteiger partial charge in [0.2, 0.25) is 6.20 Å². The van der Waals surface area contributed by atoms with Gasteiger partial charge in [-0.3, -0.25) is 14.9 Å². The van der Waals surface area contributed by atoms with Gasteiger partial charge in [-0.25, -0.2) is 0 Å². The Hall–Kier alpha value is -1.97. The van der Waals surface area contributed by atoms with Crippen LogP contribution in [-0.4, -0.2) is 11.2 Å². The van der Waals surface area contributed by atoms with Crippen molar-refractivity contribution in [3.05, 3.63) is 51.7 Å². The number of hydrogen-bond donors (Lipinski definition) is 0. The average Bonchev–Trinajstić information content (AvgIpc) is 2.15. The zero-order valence-electron chi connectivity index (χ0n) is 6.71. The fraction of sp³-hybridized carbons (Fsp3) is 0. The van der Waals surface area contributed by atoms with Crippen molar-refractivity contribution in [3.8, 4) is 0 Å². The molecule has 0 unspecified atom stereocenters. The molecular weight excluding hydrogens is 170 g/mol. The smallest absolute Gasteiger partial charge is 0.235 e. The molecule has 1 rings (SSSR count). The Morgan fingerprint density at radius 3 is 2.38 bits per heavy atom. The molecule has 0 N–H and O–H groups in total. The fourth-order valence-corrected chi connectivity index (χ4v) is 0.911. The van der Waals surface area contributed by atoms with Crippen molar-refractivity contribution in [1.29, 1.82) is 0 Å². The van der Waals surface area contributed by atoms with E-state index in [9.17, 15) is 14.9 Å². The highest BCUT2D eigenvalue weighted by atomic mass is 16.6. The molecule has 0 aliphatic rings. The first-order chi connectivity index (χ1) is 6.24. The number of aldehydes is 1. The van der Waals surface area contributed by atoms with Crippen LogP contribution in [0.2, 0.25) is 0 Å². The van der Waals surface area contributed by atoms with E-state index in [1.165, 1.54) is 6.08 Å². The zero-order chi connectivity index (χ0) is 9.68. The minimum absolute atomic E-state index is 0.445. The lowest BCUT2D eigenvalue weighted by Crippen LogP contribution is -1.87. The van der Waals surface area contributed by atoms with E-state index < -0.39 is 4.92 Å². The van der Waals surface area contributed by atoms with Gasteiger partial charge in [-0.15, -0.1) is 0 Å². The number of rotatable bonds is 3. The first-order valence-electron chi connectivity index (χ1n) is 3.60. The lowest BCUT2D eigenvalue weighted by Gasteiger charge is -1.94. The molecule has 4 heteroatoms. The van der Waals surface area contributed by atoms with Crippen molar-refractivity contribution in [1.82, 2.24) is 0 Å². The van der Waals surface area contributed by atoms with Crippen molar-refractivity contribution < 1.29 is 9.72 Å². The molecule has 4 nitrogen and oxygen atoms in total. The van der Waals surface area contributed by atoms with Crippen LogP contribution in [0.5, 0.6) is 0 Å². The molecule has 1 aromatic rings. The van der Waals surface area contributed by atoms with Crippen LogP contribution in [0, 0.1) is 10.1 Å². The molecule has 1 aromatic carbocycles. The van der Waals surface area contributed by atoms with Crippen molar-refractivity contribution in [2.45, 2.75) is 0 Å². The molecule has 0 aliphatic carbocycles. The van der Waals surface area contributed by atoms with Gasteiger partial charge in [0.15, 0.2) is 6.29 Å². The molecular formula is C9H7NO3. The predicted molar refractivity (Wildman–Crippen MR) is 47.9 cm³/mol. The van der Waals surface area contributed by atoms with E-state index in [0.717, 1.165) is 6.20 Å². The van der Waals surface area contributed by atoms with Crippen LogP contribution in [0.15, 0.2) is 30.5 Å². The summed E-state index contributed by atoms with van der Waals surface area (Å²) in [5, 5.41) is 10.0. The fourth-order valence-electron chi connectivity index (χ4n) is 0.911. The molecule has 0 aliphatic heterocycles. The zero-order valence-corrected chi connectivity index (χ0v) is 6.71. The summed E-state index contributed by atoms with van der Waals surface area (Å²) in [7, 11) is 0. The molecule has 0 atom stereocenters. The molecule has 0 saturated carbocycles. The Bertz CT molecular complexity index is 358. The molecule has 0 amide bonds. The van der Waals surface area contributed by atoms with Gasteiger partial charge in [0.1, 0.15) is 0 Å². The number of carbonyl (C=O) groups is 1. The van der Waals surface area contributed by atoms with Gasteiger partial charge in [-0.1, -0.05) is 24.3 Å². The molecule has 0 aromatic heterocycles. The quantitative estimate of drug-likeness (QED) is 0.401. The Morgan fingerprint density at radius 2 is 1.85 bits per heavy atom. The number of hydrogen-bond acceptors (Lipinski definition) is 3. The Kier molecular flexibility index (Phi) is 2.92. The molecule has 13 heavy (non-hydrogen) atoms. The maximum Gasteiger partial charge on any atom is 0.235 e. The molecule has 0 saturated heterocycles. The Morgan fingerprint density at radius 1 is 1.23 bits per heavy atom. The standard InChI is InChI=1S/C9H7NO3/c11-7-9-4-2-1-3-8(9)5-6-10(12)13/h1-7H/b6-5+. The maximum absolute atomic E-state index is 10.5. The average molecular weight is 177 g/mol. The van der Waals surface area contributed by atoms with E-state index in [4.69, 9.17) is 0 Å². The lowest BCUT2D eigenvalue weighted by atomic mass is 10.1. The third kappa shape index (κ3) is 2.52. The molecule has 0 fully saturated rings. The SMILES string of the molecule is O=Cc1ccccc1/C=C/[N+](=O)[O-]. The third-order valence-corrected chi connectivity index (χ3v) is 1.50. The lowest BCUT2D eigenvalue weighted by molar-refractivity contribution is -0.400. The largest absolute Gasteiger partial charge is 0.298 e. The summed E-state index contributed by atoms with van der Waals surface area (Å²) < 4.78 is 0. The first-order valence-corrected chi connectivity index (χ1v) is 3.60. The summed E-state index contributed by atoms with van der Waals surface area (Å²) in [5.74, 6) is 0. The van der Waals surface area contributed by atoms with Crippen LogP contribution in [-0.2, 0) is 0 Å². The number of nitro groups is 1. The molecule has 0 bridgehead atoms. The minimum Gasteiger partial charge on any atom is -0.298 e. The first kappa shape index (κ1) is 9.12. The normalized spacial score (nSPS) is 10.2. The molecule has 0 spiro atoms. The number of carbonyl (C=O) groups excluding carboxylic acids is 1. The van der Waals surface area contributed by atoms with E-state index in [-0.39, 0.29) is 0 Å². The van der Waals surface area contributed by atoms with Gasteiger partial charge in [-0.2, -0.15) is 0 Å². The van der Waals surface area contributed by atoms with E-state index in [1.807, 2.05) is 0 Å². The number of nitrogens with zero attached hydrogens (tertiary/aromatic N) is 1. The second-order valence-corrected chi connectivity index (χ2v) is 2.35. The highest BCUT2D eigenvalue weighted by Crippen LogP contribution is 2.07. The van der Waals surface area contributed by atoms with Gasteiger partial charge in [-0.05, 0) is 5.56 Å². The van der Waals surface area contributed by atoms with Crippen molar-refractivity contribution in [2.24, 2.45) is 0 Å².